The largest absolute Gasteiger partial charge is 0.464 e. The number of aryl methyl sites for hydroxylation is 3. The molecule has 0 spiro atoms. The zero-order valence-electron chi connectivity index (χ0n) is 12.7. The van der Waals surface area contributed by atoms with Crippen molar-refractivity contribution < 1.29 is 9.21 Å². The van der Waals surface area contributed by atoms with E-state index in [1.54, 1.807) is 0 Å². The maximum atomic E-state index is 11.8. The first-order chi connectivity index (χ1) is 10.1. The van der Waals surface area contributed by atoms with Gasteiger partial charge in [0.2, 0.25) is 0 Å². The van der Waals surface area contributed by atoms with Gasteiger partial charge in [-0.15, -0.1) is 0 Å². The number of carbonyl (C=O) groups is 1. The summed E-state index contributed by atoms with van der Waals surface area (Å²) >= 11 is 0. The van der Waals surface area contributed by atoms with Crippen LogP contribution in [0.4, 0.5) is 4.79 Å². The molecule has 21 heavy (non-hydrogen) atoms. The molecule has 1 atom stereocenters. The summed E-state index contributed by atoms with van der Waals surface area (Å²) in [4.78, 5) is 11.8. The molecule has 2 heterocycles. The Kier molecular flexibility index (Phi) is 5.03. The number of nitrogens with one attached hydrogen (secondary N) is 3. The number of rotatable bonds is 6. The molecule has 0 radical (unpaired) electrons. The average molecular weight is 290 g/mol. The zero-order valence-corrected chi connectivity index (χ0v) is 12.7. The van der Waals surface area contributed by atoms with E-state index in [1.807, 2.05) is 39.1 Å². The molecule has 0 unspecified atom stereocenters. The van der Waals surface area contributed by atoms with Gasteiger partial charge in [-0.1, -0.05) is 0 Å². The zero-order chi connectivity index (χ0) is 15.2. The maximum Gasteiger partial charge on any atom is 0.315 e. The molecule has 6 heteroatoms. The third-order valence-corrected chi connectivity index (χ3v) is 3.38. The second-order valence-electron chi connectivity index (χ2n) is 5.19. The number of urea groups is 1. The van der Waals surface area contributed by atoms with Crippen LogP contribution < -0.4 is 10.6 Å². The van der Waals surface area contributed by atoms with Crippen LogP contribution in [-0.2, 0) is 6.42 Å². The van der Waals surface area contributed by atoms with Gasteiger partial charge < -0.3 is 15.1 Å². The smallest absolute Gasteiger partial charge is 0.315 e. The van der Waals surface area contributed by atoms with Crippen molar-refractivity contribution in [2.24, 2.45) is 0 Å². The number of carbonyl (C=O) groups excluding carboxylic acids is 1. The maximum absolute atomic E-state index is 11.8. The monoisotopic (exact) mass is 290 g/mol. The summed E-state index contributed by atoms with van der Waals surface area (Å²) in [5.74, 6) is 1.60. The van der Waals surface area contributed by atoms with Crippen molar-refractivity contribution in [1.29, 1.82) is 0 Å². The van der Waals surface area contributed by atoms with E-state index in [2.05, 4.69) is 20.8 Å². The van der Waals surface area contributed by atoms with Gasteiger partial charge in [0.15, 0.2) is 0 Å². The summed E-state index contributed by atoms with van der Waals surface area (Å²) < 4.78 is 5.48. The van der Waals surface area contributed by atoms with Gasteiger partial charge in [-0.05, 0) is 51.3 Å². The normalized spacial score (nSPS) is 12.1. The molecule has 0 aliphatic rings. The van der Waals surface area contributed by atoms with Gasteiger partial charge in [-0.25, -0.2) is 4.79 Å². The third kappa shape index (κ3) is 4.37. The highest BCUT2D eigenvalue weighted by Crippen LogP contribution is 2.15. The van der Waals surface area contributed by atoms with Crippen LogP contribution in [0.5, 0.6) is 0 Å². The van der Waals surface area contributed by atoms with E-state index < -0.39 is 0 Å². The van der Waals surface area contributed by atoms with Crippen molar-refractivity contribution >= 4 is 6.03 Å². The summed E-state index contributed by atoms with van der Waals surface area (Å²) in [7, 11) is 0. The quantitative estimate of drug-likeness (QED) is 0.715. The topological polar surface area (TPSA) is 83.0 Å². The van der Waals surface area contributed by atoms with E-state index in [-0.39, 0.29) is 12.1 Å². The minimum atomic E-state index is -0.180. The molecular weight excluding hydrogens is 268 g/mol. The van der Waals surface area contributed by atoms with E-state index >= 15 is 0 Å². The predicted octanol–water partition coefficient (Wildman–Crippen LogP) is 2.61. The Morgan fingerprint density at radius 1 is 1.43 bits per heavy atom. The Morgan fingerprint density at radius 3 is 2.86 bits per heavy atom. The van der Waals surface area contributed by atoms with Crippen molar-refractivity contribution in [3.05, 3.63) is 41.1 Å². The fraction of sp³-hybridized carbons (Fsp3) is 0.467. The molecule has 0 fully saturated rings. The van der Waals surface area contributed by atoms with Gasteiger partial charge >= 0.3 is 6.03 Å². The Morgan fingerprint density at radius 2 is 2.24 bits per heavy atom. The highest BCUT2D eigenvalue weighted by atomic mass is 16.3. The van der Waals surface area contributed by atoms with E-state index in [4.69, 9.17) is 4.42 Å². The van der Waals surface area contributed by atoms with Gasteiger partial charge in [-0.2, -0.15) is 5.10 Å². The van der Waals surface area contributed by atoms with E-state index in [9.17, 15) is 4.79 Å². The number of H-pyrrole nitrogens is 1. The average Bonchev–Trinajstić information content (AvgIpc) is 3.04. The van der Waals surface area contributed by atoms with Gasteiger partial charge in [0, 0.05) is 12.2 Å². The van der Waals surface area contributed by atoms with Crippen LogP contribution in [0.3, 0.4) is 0 Å². The summed E-state index contributed by atoms with van der Waals surface area (Å²) in [5, 5.41) is 12.6. The summed E-state index contributed by atoms with van der Waals surface area (Å²) in [5.41, 5.74) is 2.28. The molecule has 2 amide bonds. The number of aromatic amines is 1. The van der Waals surface area contributed by atoms with Crippen LogP contribution in [0.1, 0.15) is 42.2 Å². The number of aromatic nitrogens is 2. The highest BCUT2D eigenvalue weighted by molar-refractivity contribution is 5.74. The molecule has 6 nitrogen and oxygen atoms in total. The van der Waals surface area contributed by atoms with E-state index in [0.29, 0.717) is 6.54 Å². The predicted molar refractivity (Wildman–Crippen MR) is 80.0 cm³/mol. The number of amides is 2. The molecular formula is C15H22N4O2. The molecule has 3 N–H and O–H groups in total. The number of hydrogen-bond acceptors (Lipinski definition) is 3. The fourth-order valence-electron chi connectivity index (χ4n) is 2.11. The van der Waals surface area contributed by atoms with Crippen LogP contribution in [-0.4, -0.2) is 22.8 Å². The van der Waals surface area contributed by atoms with Crippen molar-refractivity contribution in [1.82, 2.24) is 20.8 Å². The standard InChI is InChI=1S/C15H22N4O2/c1-10-6-7-14(21-10)12(3)18-15(20)16-8-4-5-13-9-17-19-11(13)2/h6-7,9,12H,4-5,8H2,1-3H3,(H,17,19)(H2,16,18,20)/t12-/m0/s1. The van der Waals surface area contributed by atoms with Crippen molar-refractivity contribution in [2.75, 3.05) is 6.54 Å². The lowest BCUT2D eigenvalue weighted by molar-refractivity contribution is 0.236. The first-order valence-electron chi connectivity index (χ1n) is 7.16. The number of hydrogen-bond donors (Lipinski definition) is 3. The third-order valence-electron chi connectivity index (χ3n) is 3.38. The lowest BCUT2D eigenvalue weighted by Gasteiger charge is -2.12. The fourth-order valence-corrected chi connectivity index (χ4v) is 2.11. The Bertz CT molecular complexity index is 588. The molecule has 0 saturated heterocycles. The Balaban J connectivity index is 1.67. The van der Waals surface area contributed by atoms with Crippen molar-refractivity contribution in [3.63, 3.8) is 0 Å². The highest BCUT2D eigenvalue weighted by Gasteiger charge is 2.12. The van der Waals surface area contributed by atoms with E-state index in [0.717, 1.165) is 30.1 Å². The molecule has 2 rings (SSSR count). The molecule has 0 aliphatic heterocycles. The minimum absolute atomic E-state index is 0.144. The second kappa shape index (κ2) is 6.97. The van der Waals surface area contributed by atoms with Crippen molar-refractivity contribution in [3.8, 4) is 0 Å². The van der Waals surface area contributed by atoms with Gasteiger partial charge in [-0.3, -0.25) is 5.10 Å². The molecule has 0 saturated carbocycles. The molecule has 2 aromatic heterocycles. The number of furan rings is 1. The van der Waals surface area contributed by atoms with Crippen LogP contribution in [0, 0.1) is 13.8 Å². The van der Waals surface area contributed by atoms with Gasteiger partial charge in [0.05, 0.1) is 12.2 Å². The second-order valence-corrected chi connectivity index (χ2v) is 5.19. The Hall–Kier alpha value is -2.24. The van der Waals surface area contributed by atoms with Gasteiger partial charge in [0.1, 0.15) is 11.5 Å². The Labute approximate surface area is 124 Å². The minimum Gasteiger partial charge on any atom is -0.464 e. The summed E-state index contributed by atoms with van der Waals surface area (Å²) in [6.45, 7) is 6.40. The van der Waals surface area contributed by atoms with Crippen LogP contribution in [0.2, 0.25) is 0 Å². The lowest BCUT2D eigenvalue weighted by atomic mass is 10.1. The first kappa shape index (κ1) is 15.2. The van der Waals surface area contributed by atoms with Crippen LogP contribution in [0.15, 0.2) is 22.7 Å². The molecule has 0 aliphatic carbocycles. The lowest BCUT2D eigenvalue weighted by Crippen LogP contribution is -2.37. The first-order valence-corrected chi connectivity index (χ1v) is 7.16. The van der Waals surface area contributed by atoms with Crippen LogP contribution in [0.25, 0.3) is 0 Å². The molecule has 0 aromatic carbocycles. The van der Waals surface area contributed by atoms with Crippen LogP contribution >= 0.6 is 0 Å². The SMILES string of the molecule is Cc1ccc([C@H](C)NC(=O)NCCCc2cn[nH]c2C)o1. The summed E-state index contributed by atoms with van der Waals surface area (Å²) in [6, 6.07) is 3.44. The number of nitrogens with zero attached hydrogens (tertiary/aromatic N) is 1. The molecule has 114 valence electrons. The summed E-state index contributed by atoms with van der Waals surface area (Å²) in [6.07, 6.45) is 3.61. The van der Waals surface area contributed by atoms with Crippen molar-refractivity contribution in [2.45, 2.75) is 39.7 Å². The molecule has 2 aromatic rings. The van der Waals surface area contributed by atoms with E-state index in [1.165, 1.54) is 5.56 Å². The molecule has 0 bridgehead atoms. The van der Waals surface area contributed by atoms with Gasteiger partial charge in [0.25, 0.3) is 0 Å².